The van der Waals surface area contributed by atoms with Gasteiger partial charge in [0.25, 0.3) is 5.91 Å². The van der Waals surface area contributed by atoms with Crippen LogP contribution in [0.25, 0.3) is 0 Å². The van der Waals surface area contributed by atoms with Crippen LogP contribution in [-0.4, -0.2) is 25.0 Å². The van der Waals surface area contributed by atoms with Crippen molar-refractivity contribution in [3.8, 4) is 0 Å². The van der Waals surface area contributed by atoms with E-state index in [4.69, 9.17) is 11.6 Å². The van der Waals surface area contributed by atoms with Crippen LogP contribution in [-0.2, 0) is 0 Å². The minimum atomic E-state index is -0.267. The van der Waals surface area contributed by atoms with E-state index >= 15 is 0 Å². The number of benzene rings is 1. The Hall–Kier alpha value is -1.75. The molecule has 3 N–H and O–H groups in total. The third-order valence-electron chi connectivity index (χ3n) is 3.57. The molecule has 0 fully saturated rings. The molecule has 0 bridgehead atoms. The number of rotatable bonds is 8. The Morgan fingerprint density at radius 3 is 2.57 bits per heavy atom. The van der Waals surface area contributed by atoms with Crippen molar-refractivity contribution in [3.05, 3.63) is 28.8 Å². The summed E-state index contributed by atoms with van der Waals surface area (Å²) in [7, 11) is 1.54. The molecule has 1 atom stereocenters. The number of hydrogen-bond acceptors (Lipinski definition) is 2. The fourth-order valence-corrected chi connectivity index (χ4v) is 2.52. The Kier molecular flexibility index (Phi) is 8.48. The summed E-state index contributed by atoms with van der Waals surface area (Å²) in [6.07, 6.45) is 5.70. The molecule has 0 aliphatic heterocycles. The second-order valence-electron chi connectivity index (χ2n) is 5.62. The molecule has 23 heavy (non-hydrogen) atoms. The molecule has 0 aliphatic carbocycles. The molecular formula is C17H26ClN3O2. The van der Waals surface area contributed by atoms with E-state index in [1.54, 1.807) is 25.2 Å². The van der Waals surface area contributed by atoms with Crippen LogP contribution in [0.1, 0.15) is 56.3 Å². The Morgan fingerprint density at radius 2 is 1.96 bits per heavy atom. The second-order valence-corrected chi connectivity index (χ2v) is 6.03. The van der Waals surface area contributed by atoms with Crippen molar-refractivity contribution in [1.29, 1.82) is 0 Å². The minimum absolute atomic E-state index is 0.118. The predicted molar refractivity (Wildman–Crippen MR) is 95.2 cm³/mol. The van der Waals surface area contributed by atoms with E-state index < -0.39 is 0 Å². The second kappa shape index (κ2) is 10.1. The first-order valence-corrected chi connectivity index (χ1v) is 8.44. The summed E-state index contributed by atoms with van der Waals surface area (Å²) < 4.78 is 0. The predicted octanol–water partition coefficient (Wildman–Crippen LogP) is 4.18. The van der Waals surface area contributed by atoms with Gasteiger partial charge in [-0.3, -0.25) is 4.79 Å². The molecule has 3 amide bonds. The summed E-state index contributed by atoms with van der Waals surface area (Å²) in [5.41, 5.74) is 0.933. The van der Waals surface area contributed by atoms with Gasteiger partial charge in [0, 0.05) is 18.8 Å². The highest BCUT2D eigenvalue weighted by molar-refractivity contribution is 6.34. The summed E-state index contributed by atoms with van der Waals surface area (Å²) in [6, 6.07) is 4.66. The van der Waals surface area contributed by atoms with Crippen molar-refractivity contribution in [3.63, 3.8) is 0 Å². The van der Waals surface area contributed by atoms with E-state index in [1.165, 1.54) is 19.3 Å². The molecule has 0 aromatic heterocycles. The van der Waals surface area contributed by atoms with E-state index in [2.05, 4.69) is 22.9 Å². The number of halogens is 1. The molecule has 1 aromatic rings. The van der Waals surface area contributed by atoms with Gasteiger partial charge in [0.05, 0.1) is 10.6 Å². The van der Waals surface area contributed by atoms with E-state index in [1.807, 2.05) is 6.92 Å². The average Bonchev–Trinajstić information content (AvgIpc) is 2.51. The average molecular weight is 340 g/mol. The molecule has 0 aliphatic rings. The van der Waals surface area contributed by atoms with Crippen LogP contribution in [0.4, 0.5) is 10.5 Å². The maximum absolute atomic E-state index is 12.0. The lowest BCUT2D eigenvalue weighted by atomic mass is 10.1. The fraction of sp³-hybridized carbons (Fsp3) is 0.529. The van der Waals surface area contributed by atoms with Gasteiger partial charge >= 0.3 is 6.03 Å². The number of carbonyl (C=O) groups is 2. The van der Waals surface area contributed by atoms with Gasteiger partial charge in [-0.25, -0.2) is 4.79 Å². The molecule has 128 valence electrons. The van der Waals surface area contributed by atoms with Gasteiger partial charge in [-0.1, -0.05) is 44.2 Å². The first-order chi connectivity index (χ1) is 11.0. The summed E-state index contributed by atoms with van der Waals surface area (Å²) in [5, 5.41) is 8.45. The molecule has 1 unspecified atom stereocenters. The van der Waals surface area contributed by atoms with Crippen molar-refractivity contribution < 1.29 is 9.59 Å². The van der Waals surface area contributed by atoms with E-state index in [9.17, 15) is 9.59 Å². The van der Waals surface area contributed by atoms with Crippen LogP contribution < -0.4 is 16.0 Å². The zero-order valence-corrected chi connectivity index (χ0v) is 14.8. The maximum atomic E-state index is 12.0. The topological polar surface area (TPSA) is 70.2 Å². The standard InChI is InChI=1S/C17H26ClN3O2/c1-4-5-6-7-8-12(2)20-17(23)21-13-9-10-14(15(18)11-13)16(22)19-3/h9-12H,4-8H2,1-3H3,(H,19,22)(H2,20,21,23). The largest absolute Gasteiger partial charge is 0.355 e. The van der Waals surface area contributed by atoms with Gasteiger partial charge < -0.3 is 16.0 Å². The number of unbranched alkanes of at least 4 members (excludes halogenated alkanes) is 3. The summed E-state index contributed by atoms with van der Waals surface area (Å²) in [5.74, 6) is -0.258. The van der Waals surface area contributed by atoms with Crippen molar-refractivity contribution in [2.45, 2.75) is 52.0 Å². The normalized spacial score (nSPS) is 11.7. The first-order valence-electron chi connectivity index (χ1n) is 8.07. The third kappa shape index (κ3) is 6.91. The first kappa shape index (κ1) is 19.3. The van der Waals surface area contributed by atoms with Gasteiger partial charge in [-0.05, 0) is 31.5 Å². The number of carbonyl (C=O) groups excluding carboxylic acids is 2. The summed E-state index contributed by atoms with van der Waals surface area (Å²) in [4.78, 5) is 23.5. The van der Waals surface area contributed by atoms with Crippen molar-refractivity contribution >= 4 is 29.2 Å². The Bertz CT molecular complexity index is 535. The molecule has 0 saturated carbocycles. The van der Waals surface area contributed by atoms with Crippen LogP contribution in [0.2, 0.25) is 5.02 Å². The molecule has 0 radical (unpaired) electrons. The van der Waals surface area contributed by atoms with Gasteiger partial charge in [-0.2, -0.15) is 0 Å². The van der Waals surface area contributed by atoms with Gasteiger partial charge in [0.15, 0.2) is 0 Å². The molecular weight excluding hydrogens is 314 g/mol. The Morgan fingerprint density at radius 1 is 1.22 bits per heavy atom. The quantitative estimate of drug-likeness (QED) is 0.622. The number of nitrogens with one attached hydrogen (secondary N) is 3. The van der Waals surface area contributed by atoms with E-state index in [0.29, 0.717) is 16.3 Å². The molecule has 5 nitrogen and oxygen atoms in total. The van der Waals surface area contributed by atoms with Crippen LogP contribution in [0.5, 0.6) is 0 Å². The number of hydrogen-bond donors (Lipinski definition) is 3. The van der Waals surface area contributed by atoms with E-state index in [0.717, 1.165) is 12.8 Å². The van der Waals surface area contributed by atoms with Crippen LogP contribution in [0, 0.1) is 0 Å². The highest BCUT2D eigenvalue weighted by Crippen LogP contribution is 2.21. The molecule has 0 heterocycles. The van der Waals surface area contributed by atoms with Gasteiger partial charge in [0.2, 0.25) is 0 Å². The van der Waals surface area contributed by atoms with Crippen LogP contribution >= 0.6 is 11.6 Å². The highest BCUT2D eigenvalue weighted by atomic mass is 35.5. The summed E-state index contributed by atoms with van der Waals surface area (Å²) in [6.45, 7) is 4.17. The smallest absolute Gasteiger partial charge is 0.319 e. The van der Waals surface area contributed by atoms with E-state index in [-0.39, 0.29) is 18.0 Å². The Balaban J connectivity index is 2.48. The lowest BCUT2D eigenvalue weighted by Crippen LogP contribution is -2.36. The van der Waals surface area contributed by atoms with Crippen molar-refractivity contribution in [2.24, 2.45) is 0 Å². The lowest BCUT2D eigenvalue weighted by Gasteiger charge is -2.15. The summed E-state index contributed by atoms with van der Waals surface area (Å²) >= 11 is 6.06. The van der Waals surface area contributed by atoms with Crippen LogP contribution in [0.3, 0.4) is 0 Å². The number of amides is 3. The van der Waals surface area contributed by atoms with Gasteiger partial charge in [0.1, 0.15) is 0 Å². The van der Waals surface area contributed by atoms with Crippen molar-refractivity contribution in [2.75, 3.05) is 12.4 Å². The SMILES string of the molecule is CCCCCCC(C)NC(=O)Nc1ccc(C(=O)NC)c(Cl)c1. The molecule has 0 saturated heterocycles. The lowest BCUT2D eigenvalue weighted by molar-refractivity contribution is 0.0963. The zero-order valence-electron chi connectivity index (χ0n) is 14.0. The Labute approximate surface area is 143 Å². The van der Waals surface area contributed by atoms with Crippen LogP contribution in [0.15, 0.2) is 18.2 Å². The number of anilines is 1. The molecule has 1 aromatic carbocycles. The third-order valence-corrected chi connectivity index (χ3v) is 3.88. The fourth-order valence-electron chi connectivity index (χ4n) is 2.25. The monoisotopic (exact) mass is 339 g/mol. The zero-order chi connectivity index (χ0) is 17.2. The number of urea groups is 1. The maximum Gasteiger partial charge on any atom is 0.319 e. The molecule has 6 heteroatoms. The van der Waals surface area contributed by atoms with Crippen molar-refractivity contribution in [1.82, 2.24) is 10.6 Å². The molecule has 1 rings (SSSR count). The minimum Gasteiger partial charge on any atom is -0.355 e. The highest BCUT2D eigenvalue weighted by Gasteiger charge is 2.11. The van der Waals surface area contributed by atoms with Gasteiger partial charge in [-0.15, -0.1) is 0 Å². The molecule has 0 spiro atoms.